The van der Waals surface area contributed by atoms with Gasteiger partial charge in [-0.2, -0.15) is 5.26 Å². The molecule has 6 heteroatoms. The highest BCUT2D eigenvalue weighted by molar-refractivity contribution is 8.03. The van der Waals surface area contributed by atoms with Crippen molar-refractivity contribution < 1.29 is 9.53 Å². The summed E-state index contributed by atoms with van der Waals surface area (Å²) in [5.74, 6) is 1.22. The fraction of sp³-hybridized carbons (Fsp3) is 0.241. The minimum atomic E-state index is -0.262. The quantitative estimate of drug-likeness (QED) is 0.429. The summed E-state index contributed by atoms with van der Waals surface area (Å²) >= 11 is 1.56. The van der Waals surface area contributed by atoms with Crippen LogP contribution >= 0.6 is 11.8 Å². The summed E-state index contributed by atoms with van der Waals surface area (Å²) in [7, 11) is 0. The SMILES string of the molecule is CCc1ccc(N2CSC3=C(C#N)[C@@H](c4cccc(OCc5ccccc5)c4)CC(=O)N3C2)cc1. The Hall–Kier alpha value is -3.69. The maximum Gasteiger partial charge on any atom is 0.229 e. The minimum Gasteiger partial charge on any atom is -0.489 e. The van der Waals surface area contributed by atoms with Crippen LogP contribution in [0.2, 0.25) is 0 Å². The van der Waals surface area contributed by atoms with Crippen LogP contribution in [0.5, 0.6) is 5.75 Å². The zero-order valence-electron chi connectivity index (χ0n) is 19.7. The number of aryl methyl sites for hydroxylation is 1. The third-order valence-corrected chi connectivity index (χ3v) is 7.67. The van der Waals surface area contributed by atoms with Crippen LogP contribution < -0.4 is 9.64 Å². The van der Waals surface area contributed by atoms with Crippen LogP contribution in [0.25, 0.3) is 0 Å². The normalized spacial score (nSPS) is 17.7. The molecule has 176 valence electrons. The summed E-state index contributed by atoms with van der Waals surface area (Å²) in [5.41, 5.74) is 5.07. The second-order valence-electron chi connectivity index (χ2n) is 8.73. The van der Waals surface area contributed by atoms with E-state index in [0.717, 1.165) is 34.0 Å². The third-order valence-electron chi connectivity index (χ3n) is 6.51. The van der Waals surface area contributed by atoms with Crippen LogP contribution in [-0.4, -0.2) is 23.4 Å². The van der Waals surface area contributed by atoms with E-state index >= 15 is 0 Å². The number of benzene rings is 3. The number of rotatable bonds is 6. The molecule has 2 aliphatic rings. The molecule has 35 heavy (non-hydrogen) atoms. The van der Waals surface area contributed by atoms with Crippen LogP contribution in [0.1, 0.15) is 36.0 Å². The summed E-state index contributed by atoms with van der Waals surface area (Å²) in [6.07, 6.45) is 1.27. The number of nitriles is 1. The van der Waals surface area contributed by atoms with Gasteiger partial charge in [0.15, 0.2) is 0 Å². The molecule has 5 nitrogen and oxygen atoms in total. The molecule has 1 saturated heterocycles. The van der Waals surface area contributed by atoms with Crippen LogP contribution in [0.15, 0.2) is 89.5 Å². The highest BCUT2D eigenvalue weighted by Crippen LogP contribution is 2.43. The highest BCUT2D eigenvalue weighted by Gasteiger charge is 2.38. The van der Waals surface area contributed by atoms with Gasteiger partial charge in [0.1, 0.15) is 12.4 Å². The summed E-state index contributed by atoms with van der Waals surface area (Å²) in [5, 5.41) is 10.9. The number of fused-ring (bicyclic) bond motifs is 1. The van der Waals surface area contributed by atoms with E-state index in [4.69, 9.17) is 4.74 Å². The Bertz CT molecular complexity index is 1280. The molecule has 0 spiro atoms. The molecule has 5 rings (SSSR count). The lowest BCUT2D eigenvalue weighted by Crippen LogP contribution is -2.47. The van der Waals surface area contributed by atoms with E-state index in [0.29, 0.717) is 24.7 Å². The Morgan fingerprint density at radius 3 is 2.57 bits per heavy atom. The van der Waals surface area contributed by atoms with Gasteiger partial charge in [0.2, 0.25) is 5.91 Å². The van der Waals surface area contributed by atoms with Gasteiger partial charge < -0.3 is 9.64 Å². The number of anilines is 1. The Labute approximate surface area is 210 Å². The maximum absolute atomic E-state index is 13.3. The number of nitrogens with zero attached hydrogens (tertiary/aromatic N) is 3. The third kappa shape index (κ3) is 4.91. The van der Waals surface area contributed by atoms with Gasteiger partial charge >= 0.3 is 0 Å². The zero-order valence-corrected chi connectivity index (χ0v) is 20.5. The number of carbonyl (C=O) groups is 1. The van der Waals surface area contributed by atoms with E-state index in [1.54, 1.807) is 16.7 Å². The van der Waals surface area contributed by atoms with E-state index < -0.39 is 0 Å². The average molecular weight is 482 g/mol. The predicted molar refractivity (Wildman–Crippen MR) is 140 cm³/mol. The predicted octanol–water partition coefficient (Wildman–Crippen LogP) is 6.05. The van der Waals surface area contributed by atoms with Crippen molar-refractivity contribution in [1.29, 1.82) is 5.26 Å². The summed E-state index contributed by atoms with van der Waals surface area (Å²) < 4.78 is 6.00. The van der Waals surface area contributed by atoms with E-state index in [1.165, 1.54) is 5.56 Å². The summed E-state index contributed by atoms with van der Waals surface area (Å²) in [6, 6.07) is 28.7. The number of hydrogen-bond donors (Lipinski definition) is 0. The van der Waals surface area contributed by atoms with Crippen LogP contribution in [-0.2, 0) is 17.8 Å². The maximum atomic E-state index is 13.3. The highest BCUT2D eigenvalue weighted by atomic mass is 32.2. The molecular formula is C29H27N3O2S. The molecule has 0 unspecified atom stereocenters. The Kier molecular flexibility index (Phi) is 6.78. The Morgan fingerprint density at radius 1 is 1.03 bits per heavy atom. The standard InChI is InChI=1S/C29H27N3O2S/c1-2-21-11-13-24(14-12-21)31-19-32-28(33)16-26(27(17-30)29(32)35-20-31)23-9-6-10-25(15-23)34-18-22-7-4-3-5-8-22/h3-15,26H,2,16,18-20H2,1H3/t26-/m1/s1. The molecule has 0 aromatic heterocycles. The van der Waals surface area contributed by atoms with Gasteiger partial charge in [-0.1, -0.05) is 73.3 Å². The lowest BCUT2D eigenvalue weighted by molar-refractivity contribution is -0.129. The number of thioether (sulfide) groups is 1. The molecule has 2 heterocycles. The molecule has 1 fully saturated rings. The first-order chi connectivity index (χ1) is 17.2. The van der Waals surface area contributed by atoms with Gasteiger partial charge in [0, 0.05) is 18.0 Å². The molecule has 0 radical (unpaired) electrons. The van der Waals surface area contributed by atoms with Gasteiger partial charge in [0.05, 0.1) is 29.2 Å². The van der Waals surface area contributed by atoms with Gasteiger partial charge in [0.25, 0.3) is 0 Å². The van der Waals surface area contributed by atoms with Crippen molar-refractivity contribution in [1.82, 2.24) is 4.90 Å². The summed E-state index contributed by atoms with van der Waals surface area (Å²) in [6.45, 7) is 3.07. The number of hydrogen-bond acceptors (Lipinski definition) is 5. The fourth-order valence-corrected chi connectivity index (χ4v) is 5.68. The Morgan fingerprint density at radius 2 is 1.83 bits per heavy atom. The van der Waals surface area contributed by atoms with Crippen LogP contribution in [0.4, 0.5) is 5.69 Å². The van der Waals surface area contributed by atoms with E-state index in [9.17, 15) is 10.1 Å². The molecule has 1 amide bonds. The van der Waals surface area contributed by atoms with Crippen LogP contribution in [0.3, 0.4) is 0 Å². The monoisotopic (exact) mass is 481 g/mol. The second kappa shape index (κ2) is 10.3. The van der Waals surface area contributed by atoms with Crippen molar-refractivity contribution in [2.75, 3.05) is 17.4 Å². The van der Waals surface area contributed by atoms with Crippen molar-refractivity contribution in [3.8, 4) is 11.8 Å². The van der Waals surface area contributed by atoms with Crippen molar-refractivity contribution >= 4 is 23.4 Å². The van der Waals surface area contributed by atoms with E-state index in [2.05, 4.69) is 42.2 Å². The molecule has 2 aliphatic heterocycles. The number of amides is 1. The van der Waals surface area contributed by atoms with Crippen molar-refractivity contribution in [2.24, 2.45) is 0 Å². The minimum absolute atomic E-state index is 0.0435. The van der Waals surface area contributed by atoms with Crippen molar-refractivity contribution in [3.63, 3.8) is 0 Å². The van der Waals surface area contributed by atoms with Gasteiger partial charge in [-0.25, -0.2) is 0 Å². The molecule has 0 N–H and O–H groups in total. The Balaban J connectivity index is 1.36. The molecule has 1 atom stereocenters. The lowest BCUT2D eigenvalue weighted by Gasteiger charge is -2.42. The average Bonchev–Trinajstić information content (AvgIpc) is 2.92. The van der Waals surface area contributed by atoms with Crippen molar-refractivity contribution in [2.45, 2.75) is 32.3 Å². The van der Waals surface area contributed by atoms with Gasteiger partial charge in [-0.15, -0.1) is 0 Å². The zero-order chi connectivity index (χ0) is 24.2. The smallest absolute Gasteiger partial charge is 0.229 e. The first kappa shape index (κ1) is 23.1. The van der Waals surface area contributed by atoms with Gasteiger partial charge in [-0.05, 0) is 47.4 Å². The number of carbonyl (C=O) groups excluding carboxylic acids is 1. The van der Waals surface area contributed by atoms with Crippen LogP contribution in [0, 0.1) is 11.3 Å². The molecular weight excluding hydrogens is 454 g/mol. The first-order valence-electron chi connectivity index (χ1n) is 11.8. The molecule has 0 bridgehead atoms. The first-order valence-corrected chi connectivity index (χ1v) is 12.8. The molecule has 3 aromatic carbocycles. The second-order valence-corrected chi connectivity index (χ2v) is 9.66. The topological polar surface area (TPSA) is 56.6 Å². The lowest BCUT2D eigenvalue weighted by atomic mass is 9.86. The molecule has 0 saturated carbocycles. The molecule has 3 aromatic rings. The number of ether oxygens (including phenoxy) is 1. The molecule has 0 aliphatic carbocycles. The largest absolute Gasteiger partial charge is 0.489 e. The fourth-order valence-electron chi connectivity index (χ4n) is 4.51. The van der Waals surface area contributed by atoms with E-state index in [-0.39, 0.29) is 18.2 Å². The van der Waals surface area contributed by atoms with Gasteiger partial charge in [-0.3, -0.25) is 9.69 Å². The summed E-state index contributed by atoms with van der Waals surface area (Å²) in [4.78, 5) is 17.2. The van der Waals surface area contributed by atoms with E-state index in [1.807, 2.05) is 54.6 Å². The van der Waals surface area contributed by atoms with Crippen molar-refractivity contribution in [3.05, 3.63) is 106 Å². The number of allylic oxidation sites excluding steroid dienone is 1.